The van der Waals surface area contributed by atoms with Gasteiger partial charge in [0, 0.05) is 0 Å². The molecule has 0 bridgehead atoms. The molecule has 0 aliphatic rings. The maximum atomic E-state index is 11.8. The van der Waals surface area contributed by atoms with E-state index in [4.69, 9.17) is 24.7 Å². The van der Waals surface area contributed by atoms with Gasteiger partial charge in [-0.05, 0) is 54.4 Å². The average molecular weight is 434 g/mol. The molecular weight excluding hydrogens is 402 g/mol. The first kappa shape index (κ1) is 25.6. The summed E-state index contributed by atoms with van der Waals surface area (Å²) in [6.45, 7) is 2.98. The summed E-state index contributed by atoms with van der Waals surface area (Å²) in [5.74, 6) is 0.112. The molecule has 0 aromatic heterocycles. The zero-order valence-corrected chi connectivity index (χ0v) is 18.6. The Bertz CT molecular complexity index is 866. The molecule has 4 N–H and O–H groups in total. The fourth-order valence-corrected chi connectivity index (χ4v) is 2.67. The molecule has 170 valence electrons. The zero-order valence-electron chi connectivity index (χ0n) is 18.6. The molecule has 0 saturated heterocycles. The molecule has 0 amide bonds. The Labute approximate surface area is 182 Å². The van der Waals surface area contributed by atoms with Crippen LogP contribution in [0.25, 0.3) is 11.6 Å². The van der Waals surface area contributed by atoms with Gasteiger partial charge in [0.15, 0.2) is 23.0 Å². The number of hydrogen-bond acceptors (Lipinski definition) is 7. The molecule has 31 heavy (non-hydrogen) atoms. The molecule has 8 heteroatoms. The van der Waals surface area contributed by atoms with Crippen LogP contribution in [0.4, 0.5) is 0 Å². The van der Waals surface area contributed by atoms with E-state index in [2.05, 4.69) is 6.92 Å². The topological polar surface area (TPSA) is 120 Å². The molecule has 2 rings (SSSR count). The van der Waals surface area contributed by atoms with Crippen molar-refractivity contribution in [1.29, 1.82) is 0 Å². The van der Waals surface area contributed by atoms with Crippen molar-refractivity contribution in [1.82, 2.24) is 0 Å². The molecule has 0 aliphatic heterocycles. The number of methoxy groups -OCH3 is 4. The first-order chi connectivity index (χ1) is 14.9. The SMILES string of the molecule is CCCCN.COc1ccc(/C=C(/C(=O)O)c2cc(OC)c(OC)c(OC)c2)cc1O. The largest absolute Gasteiger partial charge is 0.504 e. The lowest BCUT2D eigenvalue weighted by Crippen LogP contribution is -2.02. The van der Waals surface area contributed by atoms with Gasteiger partial charge in [0.05, 0.1) is 34.0 Å². The third kappa shape index (κ3) is 7.11. The van der Waals surface area contributed by atoms with E-state index in [9.17, 15) is 15.0 Å². The van der Waals surface area contributed by atoms with E-state index in [0.717, 1.165) is 6.54 Å². The van der Waals surface area contributed by atoms with Crippen LogP contribution in [0.3, 0.4) is 0 Å². The fraction of sp³-hybridized carbons (Fsp3) is 0.348. The number of aromatic hydroxyl groups is 1. The van der Waals surface area contributed by atoms with Gasteiger partial charge in [-0.3, -0.25) is 0 Å². The van der Waals surface area contributed by atoms with Gasteiger partial charge in [0.2, 0.25) is 5.75 Å². The van der Waals surface area contributed by atoms with Crippen LogP contribution in [-0.4, -0.2) is 51.2 Å². The molecule has 2 aromatic carbocycles. The standard InChI is InChI=1S/C19H20O7.C4H11N/c1-23-15-6-5-11(8-14(15)20)7-13(19(21)22)12-9-16(24-2)18(26-4)17(10-12)25-3;1-2-3-4-5/h5-10,20H,1-4H3,(H,21,22);2-5H2,1H3/b13-7+;. The number of carboxylic acid groups (broad SMARTS) is 1. The van der Waals surface area contributed by atoms with E-state index in [-0.39, 0.29) is 11.3 Å². The summed E-state index contributed by atoms with van der Waals surface area (Å²) in [5, 5.41) is 19.5. The second-order valence-electron chi connectivity index (χ2n) is 6.35. The Balaban J connectivity index is 0.000000861. The molecule has 8 nitrogen and oxygen atoms in total. The maximum absolute atomic E-state index is 11.8. The molecule has 0 atom stereocenters. The number of aliphatic carboxylic acids is 1. The van der Waals surface area contributed by atoms with Crippen molar-refractivity contribution in [2.45, 2.75) is 19.8 Å². The van der Waals surface area contributed by atoms with E-state index in [1.165, 1.54) is 53.4 Å². The molecule has 0 heterocycles. The van der Waals surface area contributed by atoms with E-state index in [1.807, 2.05) is 0 Å². The van der Waals surface area contributed by atoms with Crippen LogP contribution in [-0.2, 0) is 4.79 Å². The van der Waals surface area contributed by atoms with Crippen LogP contribution < -0.4 is 24.7 Å². The number of rotatable bonds is 9. The lowest BCUT2D eigenvalue weighted by molar-refractivity contribution is -0.130. The van der Waals surface area contributed by atoms with E-state index in [0.29, 0.717) is 34.1 Å². The normalized spacial score (nSPS) is 10.6. The molecule has 0 saturated carbocycles. The van der Waals surface area contributed by atoms with Crippen LogP contribution in [0.1, 0.15) is 30.9 Å². The Kier molecular flexibility index (Phi) is 10.8. The third-order valence-electron chi connectivity index (χ3n) is 4.28. The second-order valence-corrected chi connectivity index (χ2v) is 6.35. The van der Waals surface area contributed by atoms with Gasteiger partial charge < -0.3 is 34.9 Å². The monoisotopic (exact) mass is 433 g/mol. The summed E-state index contributed by atoms with van der Waals surface area (Å²) in [6.07, 6.45) is 3.82. The minimum absolute atomic E-state index is 0.00572. The van der Waals surface area contributed by atoms with Crippen molar-refractivity contribution in [2.24, 2.45) is 5.73 Å². The lowest BCUT2D eigenvalue weighted by atomic mass is 10.0. The summed E-state index contributed by atoms with van der Waals surface area (Å²) in [4.78, 5) is 11.8. The molecule has 0 fully saturated rings. The molecular formula is C23H31NO7. The van der Waals surface area contributed by atoms with Crippen LogP contribution >= 0.6 is 0 Å². The highest BCUT2D eigenvalue weighted by molar-refractivity contribution is 6.20. The Morgan fingerprint density at radius 3 is 1.90 bits per heavy atom. The highest BCUT2D eigenvalue weighted by atomic mass is 16.5. The number of carbonyl (C=O) groups is 1. The smallest absolute Gasteiger partial charge is 0.336 e. The number of phenols is 1. The molecule has 0 spiro atoms. The highest BCUT2D eigenvalue weighted by Gasteiger charge is 2.19. The lowest BCUT2D eigenvalue weighted by Gasteiger charge is -2.14. The molecule has 2 aromatic rings. The predicted octanol–water partition coefficient (Wildman–Crippen LogP) is 3.80. The van der Waals surface area contributed by atoms with Gasteiger partial charge in [-0.2, -0.15) is 0 Å². The van der Waals surface area contributed by atoms with Crippen molar-refractivity contribution in [3.8, 4) is 28.7 Å². The number of benzene rings is 2. The van der Waals surface area contributed by atoms with E-state index in [1.54, 1.807) is 24.3 Å². The van der Waals surface area contributed by atoms with E-state index >= 15 is 0 Å². The number of nitrogens with two attached hydrogens (primary N) is 1. The van der Waals surface area contributed by atoms with Crippen molar-refractivity contribution >= 4 is 17.6 Å². The minimum Gasteiger partial charge on any atom is -0.504 e. The quantitative estimate of drug-likeness (QED) is 0.403. The number of phenolic OH excluding ortho intramolecular Hbond substituents is 1. The highest BCUT2D eigenvalue weighted by Crippen LogP contribution is 2.40. The van der Waals surface area contributed by atoms with Gasteiger partial charge in [0.1, 0.15) is 0 Å². The summed E-state index contributed by atoms with van der Waals surface area (Å²) in [5.41, 5.74) is 5.99. The van der Waals surface area contributed by atoms with Crippen LogP contribution in [0.5, 0.6) is 28.7 Å². The van der Waals surface area contributed by atoms with Crippen LogP contribution in [0, 0.1) is 0 Å². The number of ether oxygens (including phenoxy) is 4. The second kappa shape index (κ2) is 13.0. The van der Waals surface area contributed by atoms with Gasteiger partial charge in [0.25, 0.3) is 0 Å². The van der Waals surface area contributed by atoms with E-state index < -0.39 is 5.97 Å². The average Bonchev–Trinajstić information content (AvgIpc) is 2.77. The number of carboxylic acids is 1. The zero-order chi connectivity index (χ0) is 23.4. The first-order valence-corrected chi connectivity index (χ1v) is 9.69. The van der Waals surface area contributed by atoms with Gasteiger partial charge in [-0.1, -0.05) is 19.4 Å². The van der Waals surface area contributed by atoms with Crippen molar-refractivity contribution in [2.75, 3.05) is 35.0 Å². The van der Waals surface area contributed by atoms with Crippen molar-refractivity contribution < 1.29 is 34.0 Å². The molecule has 0 aliphatic carbocycles. The predicted molar refractivity (Wildman–Crippen MR) is 120 cm³/mol. The summed E-state index contributed by atoms with van der Waals surface area (Å²) in [7, 11) is 5.80. The number of unbranched alkanes of at least 4 members (excludes halogenated alkanes) is 1. The summed E-state index contributed by atoms with van der Waals surface area (Å²) in [6, 6.07) is 7.70. The molecule has 0 radical (unpaired) electrons. The fourth-order valence-electron chi connectivity index (χ4n) is 2.67. The summed E-state index contributed by atoms with van der Waals surface area (Å²) >= 11 is 0. The van der Waals surface area contributed by atoms with Crippen molar-refractivity contribution in [3.63, 3.8) is 0 Å². The summed E-state index contributed by atoms with van der Waals surface area (Å²) < 4.78 is 20.8. The number of hydrogen-bond donors (Lipinski definition) is 3. The minimum atomic E-state index is -1.14. The van der Waals surface area contributed by atoms with Gasteiger partial charge in [-0.15, -0.1) is 0 Å². The van der Waals surface area contributed by atoms with Gasteiger partial charge in [-0.25, -0.2) is 4.79 Å². The first-order valence-electron chi connectivity index (χ1n) is 9.69. The molecule has 0 unspecified atom stereocenters. The van der Waals surface area contributed by atoms with Gasteiger partial charge >= 0.3 is 5.97 Å². The Morgan fingerprint density at radius 2 is 1.55 bits per heavy atom. The van der Waals surface area contributed by atoms with Crippen LogP contribution in [0.15, 0.2) is 30.3 Å². The Hall–Kier alpha value is -3.39. The maximum Gasteiger partial charge on any atom is 0.336 e. The third-order valence-corrected chi connectivity index (χ3v) is 4.28. The van der Waals surface area contributed by atoms with Crippen LogP contribution in [0.2, 0.25) is 0 Å². The van der Waals surface area contributed by atoms with Crippen molar-refractivity contribution in [3.05, 3.63) is 41.5 Å². The Morgan fingerprint density at radius 1 is 0.968 bits per heavy atom.